The third-order valence-corrected chi connectivity index (χ3v) is 5.14. The molecule has 0 radical (unpaired) electrons. The van der Waals surface area contributed by atoms with Crippen LogP contribution >= 0.6 is 35.0 Å². The van der Waals surface area contributed by atoms with Crippen LogP contribution < -0.4 is 5.32 Å². The quantitative estimate of drug-likeness (QED) is 0.383. The predicted octanol–water partition coefficient (Wildman–Crippen LogP) is 4.63. The van der Waals surface area contributed by atoms with E-state index in [-0.39, 0.29) is 6.42 Å². The van der Waals surface area contributed by atoms with E-state index in [4.69, 9.17) is 27.9 Å². The molecule has 1 heterocycles. The SMILES string of the molecule is CSc1nc(C)c(CCC(=O)OC(C)C(=O)Nc2cc(Cl)ccc2Cl)c(C)n1. The Hall–Kier alpha value is -1.83. The summed E-state index contributed by atoms with van der Waals surface area (Å²) in [4.78, 5) is 33.2. The minimum Gasteiger partial charge on any atom is -0.453 e. The summed E-state index contributed by atoms with van der Waals surface area (Å²) in [7, 11) is 0. The number of nitrogens with zero attached hydrogens (tertiary/aromatic N) is 2. The molecule has 1 amide bonds. The van der Waals surface area contributed by atoms with Gasteiger partial charge in [-0.15, -0.1) is 0 Å². The first kappa shape index (κ1) is 22.5. The molecule has 0 fully saturated rings. The Kier molecular flexibility index (Phi) is 8.10. The number of anilines is 1. The van der Waals surface area contributed by atoms with Crippen LogP contribution in [0.5, 0.6) is 0 Å². The fraction of sp³-hybridized carbons (Fsp3) is 0.368. The number of aryl methyl sites for hydroxylation is 2. The molecule has 28 heavy (non-hydrogen) atoms. The molecule has 0 saturated heterocycles. The van der Waals surface area contributed by atoms with Gasteiger partial charge in [0.15, 0.2) is 11.3 Å². The normalized spacial score (nSPS) is 11.8. The molecule has 0 spiro atoms. The summed E-state index contributed by atoms with van der Waals surface area (Å²) in [5, 5.41) is 4.08. The lowest BCUT2D eigenvalue weighted by Crippen LogP contribution is -2.30. The van der Waals surface area contributed by atoms with E-state index in [9.17, 15) is 9.59 Å². The third kappa shape index (κ3) is 6.09. The van der Waals surface area contributed by atoms with E-state index in [1.54, 1.807) is 12.1 Å². The number of carbonyl (C=O) groups excluding carboxylic acids is 2. The smallest absolute Gasteiger partial charge is 0.306 e. The summed E-state index contributed by atoms with van der Waals surface area (Å²) >= 11 is 13.4. The molecule has 0 aliphatic heterocycles. The Bertz CT molecular complexity index is 870. The van der Waals surface area contributed by atoms with Crippen LogP contribution in [0.4, 0.5) is 5.69 Å². The lowest BCUT2D eigenvalue weighted by molar-refractivity contribution is -0.153. The Morgan fingerprint density at radius 1 is 1.21 bits per heavy atom. The number of benzene rings is 1. The zero-order valence-corrected chi connectivity index (χ0v) is 18.3. The highest BCUT2D eigenvalue weighted by atomic mass is 35.5. The van der Waals surface area contributed by atoms with Crippen molar-refractivity contribution in [1.82, 2.24) is 9.97 Å². The molecule has 0 bridgehead atoms. The fourth-order valence-corrected chi connectivity index (χ4v) is 3.32. The van der Waals surface area contributed by atoms with Crippen LogP contribution in [0, 0.1) is 13.8 Å². The van der Waals surface area contributed by atoms with Crippen molar-refractivity contribution < 1.29 is 14.3 Å². The van der Waals surface area contributed by atoms with Crippen molar-refractivity contribution in [2.24, 2.45) is 0 Å². The summed E-state index contributed by atoms with van der Waals surface area (Å²) in [5.74, 6) is -0.967. The molecule has 2 aromatic rings. The minimum absolute atomic E-state index is 0.124. The van der Waals surface area contributed by atoms with Gasteiger partial charge in [-0.25, -0.2) is 9.97 Å². The zero-order valence-electron chi connectivity index (χ0n) is 16.0. The van der Waals surface area contributed by atoms with Gasteiger partial charge in [0.25, 0.3) is 5.91 Å². The number of carbonyl (C=O) groups is 2. The number of hydrogen-bond donors (Lipinski definition) is 1. The van der Waals surface area contributed by atoms with Gasteiger partial charge in [-0.05, 0) is 57.2 Å². The minimum atomic E-state index is -0.972. The molecular formula is C19H21Cl2N3O3S. The molecule has 2 rings (SSSR count). The van der Waals surface area contributed by atoms with Gasteiger partial charge in [-0.1, -0.05) is 35.0 Å². The lowest BCUT2D eigenvalue weighted by atomic mass is 10.1. The summed E-state index contributed by atoms with van der Waals surface area (Å²) in [5.41, 5.74) is 2.95. The van der Waals surface area contributed by atoms with E-state index in [2.05, 4.69) is 15.3 Å². The van der Waals surface area contributed by atoms with Gasteiger partial charge < -0.3 is 10.1 Å². The zero-order chi connectivity index (χ0) is 20.8. The molecule has 150 valence electrons. The van der Waals surface area contributed by atoms with Crippen molar-refractivity contribution in [2.75, 3.05) is 11.6 Å². The largest absolute Gasteiger partial charge is 0.453 e. The molecule has 0 aliphatic rings. The average Bonchev–Trinajstić information content (AvgIpc) is 2.63. The van der Waals surface area contributed by atoms with Crippen LogP contribution in [0.15, 0.2) is 23.4 Å². The number of halogens is 2. The van der Waals surface area contributed by atoms with Gasteiger partial charge in [-0.3, -0.25) is 9.59 Å². The molecule has 1 aromatic carbocycles. The maximum atomic E-state index is 12.3. The fourth-order valence-electron chi connectivity index (χ4n) is 2.53. The summed E-state index contributed by atoms with van der Waals surface area (Å²) < 4.78 is 5.23. The number of aromatic nitrogens is 2. The monoisotopic (exact) mass is 441 g/mol. The maximum absolute atomic E-state index is 12.3. The second-order valence-corrected chi connectivity index (χ2v) is 7.72. The van der Waals surface area contributed by atoms with E-state index in [1.165, 1.54) is 24.8 Å². The van der Waals surface area contributed by atoms with Crippen LogP contribution in [-0.2, 0) is 20.7 Å². The van der Waals surface area contributed by atoms with Crippen molar-refractivity contribution in [3.8, 4) is 0 Å². The van der Waals surface area contributed by atoms with Gasteiger partial charge in [-0.2, -0.15) is 0 Å². The molecule has 0 saturated carbocycles. The number of amides is 1. The predicted molar refractivity (Wildman–Crippen MR) is 112 cm³/mol. The number of ether oxygens (including phenoxy) is 1. The third-order valence-electron chi connectivity index (χ3n) is 4.03. The number of thioether (sulfide) groups is 1. The van der Waals surface area contributed by atoms with Crippen molar-refractivity contribution in [3.63, 3.8) is 0 Å². The van der Waals surface area contributed by atoms with E-state index in [0.717, 1.165) is 17.0 Å². The van der Waals surface area contributed by atoms with Crippen LogP contribution in [0.1, 0.15) is 30.3 Å². The van der Waals surface area contributed by atoms with Gasteiger partial charge in [0.2, 0.25) is 0 Å². The van der Waals surface area contributed by atoms with Crippen LogP contribution in [0.25, 0.3) is 0 Å². The van der Waals surface area contributed by atoms with Gasteiger partial charge >= 0.3 is 5.97 Å². The Balaban J connectivity index is 1.92. The van der Waals surface area contributed by atoms with E-state index < -0.39 is 18.0 Å². The number of nitrogens with one attached hydrogen (secondary N) is 1. The van der Waals surface area contributed by atoms with E-state index >= 15 is 0 Å². The molecule has 1 aromatic heterocycles. The first-order valence-corrected chi connectivity index (χ1v) is 10.5. The van der Waals surface area contributed by atoms with Crippen molar-refractivity contribution in [2.45, 2.75) is 44.9 Å². The Morgan fingerprint density at radius 3 is 2.46 bits per heavy atom. The summed E-state index contributed by atoms with van der Waals surface area (Å²) in [6, 6.07) is 4.72. The topological polar surface area (TPSA) is 81.2 Å². The van der Waals surface area contributed by atoms with E-state index in [1.807, 2.05) is 20.1 Å². The standard InChI is InChI=1S/C19H21Cl2N3O3S/c1-10-14(11(2)23-19(22-10)28-4)6-8-17(25)27-12(3)18(26)24-16-9-13(20)5-7-15(16)21/h5,7,9,12H,6,8H2,1-4H3,(H,24,26). The second-order valence-electron chi connectivity index (χ2n) is 6.11. The van der Waals surface area contributed by atoms with Crippen LogP contribution in [0.3, 0.4) is 0 Å². The number of rotatable bonds is 7. The highest BCUT2D eigenvalue weighted by Gasteiger charge is 2.19. The van der Waals surface area contributed by atoms with Crippen LogP contribution in [0.2, 0.25) is 10.0 Å². The molecular weight excluding hydrogens is 421 g/mol. The van der Waals surface area contributed by atoms with Gasteiger partial charge in [0, 0.05) is 22.8 Å². The molecule has 1 N–H and O–H groups in total. The first-order chi connectivity index (χ1) is 13.2. The van der Waals surface area contributed by atoms with Crippen LogP contribution in [-0.4, -0.2) is 34.2 Å². The number of hydrogen-bond acceptors (Lipinski definition) is 6. The van der Waals surface area contributed by atoms with Crippen molar-refractivity contribution >= 4 is 52.5 Å². The highest BCUT2D eigenvalue weighted by molar-refractivity contribution is 7.98. The van der Waals surface area contributed by atoms with E-state index in [0.29, 0.717) is 27.3 Å². The molecule has 6 nitrogen and oxygen atoms in total. The Morgan fingerprint density at radius 2 is 1.86 bits per heavy atom. The van der Waals surface area contributed by atoms with Gasteiger partial charge in [0.1, 0.15) is 0 Å². The van der Waals surface area contributed by atoms with Crippen molar-refractivity contribution in [3.05, 3.63) is 45.2 Å². The lowest BCUT2D eigenvalue weighted by Gasteiger charge is -2.15. The second kappa shape index (κ2) is 10.1. The first-order valence-electron chi connectivity index (χ1n) is 8.54. The molecule has 9 heteroatoms. The van der Waals surface area contributed by atoms with Crippen molar-refractivity contribution in [1.29, 1.82) is 0 Å². The average molecular weight is 442 g/mol. The Labute approximate surface area is 178 Å². The van der Waals surface area contributed by atoms with Gasteiger partial charge in [0.05, 0.1) is 10.7 Å². The summed E-state index contributed by atoms with van der Waals surface area (Å²) in [6.45, 7) is 5.28. The highest BCUT2D eigenvalue weighted by Crippen LogP contribution is 2.25. The summed E-state index contributed by atoms with van der Waals surface area (Å²) in [6.07, 6.45) is 1.51. The maximum Gasteiger partial charge on any atom is 0.306 e. The molecule has 0 aliphatic carbocycles. The molecule has 1 unspecified atom stereocenters. The molecule has 1 atom stereocenters. The number of esters is 1.